The number of benzene rings is 1. The van der Waals surface area contributed by atoms with Crippen LogP contribution in [-0.4, -0.2) is 175 Å². The Balaban J connectivity index is 2.72. The van der Waals surface area contributed by atoms with Gasteiger partial charge in [-0.15, -0.1) is 0 Å². The number of hydrogen-bond donors (Lipinski definition) is 17. The van der Waals surface area contributed by atoms with Crippen LogP contribution in [0.2, 0.25) is 0 Å². The third-order valence-corrected chi connectivity index (χ3v) is 12.7. The lowest BCUT2D eigenvalue weighted by Gasteiger charge is -2.28. The molecule has 1 aromatic carbocycles. The molecule has 1 saturated heterocycles. The van der Waals surface area contributed by atoms with Crippen molar-refractivity contribution >= 4 is 59.1 Å². The Kier molecular flexibility index (Phi) is 29.8. The fourth-order valence-corrected chi connectivity index (χ4v) is 8.06. The smallest absolute Gasteiger partial charge is 0.245 e. The van der Waals surface area contributed by atoms with Gasteiger partial charge in [-0.3, -0.25) is 47.9 Å². The van der Waals surface area contributed by atoms with Crippen LogP contribution >= 0.6 is 0 Å². The molecule has 0 aromatic heterocycles. The van der Waals surface area contributed by atoms with Crippen molar-refractivity contribution in [3.8, 4) is 0 Å². The van der Waals surface area contributed by atoms with Crippen LogP contribution in [0.15, 0.2) is 30.3 Å². The van der Waals surface area contributed by atoms with E-state index in [1.54, 1.807) is 44.2 Å². The van der Waals surface area contributed by atoms with Gasteiger partial charge in [-0.2, -0.15) is 0 Å². The molecule has 1 aliphatic rings. The van der Waals surface area contributed by atoms with Gasteiger partial charge in [0, 0.05) is 25.4 Å². The van der Waals surface area contributed by atoms with Gasteiger partial charge in [0.15, 0.2) is 0 Å². The molecule has 27 nitrogen and oxygen atoms in total. The number of nitrogens with one attached hydrogen (secondary N) is 10. The zero-order chi connectivity index (χ0) is 57.9. The molecule has 77 heavy (non-hydrogen) atoms. The standard InChI is InChI=1S/C50H87N15O12/c1-26(2)24-37-47(74)59-32(14-19-51)42(69)58-35(17-22-54)46(73)65-40(28(5)66)49(76)56-23-18-36(45(72)57-33(15-20-52)44(71)63-38(48(75)62-37)25-30-10-8-7-9-11-30)60-43(70)34(16-21-53)61-50(77)41(29(6)67)64-39(68)13-12-31(55)27(3)4/h7-11,26-29,31-38,40-41,66-67H,12-25,51-55H2,1-6H3,(H,56,76)(H,57,72)(H,58,69)(H,59,74)(H,60,70)(H,61,77)(H,62,75)(H,63,71)(H,64,68)(H,65,73)/t28?,29?,31-,32+,33+,34+,35+,36+,37+,38-,40+,41+/m1/s1. The lowest BCUT2D eigenvalue weighted by molar-refractivity contribution is -0.136. The van der Waals surface area contributed by atoms with E-state index in [-0.39, 0.29) is 95.4 Å². The Hall–Kier alpha value is -6.36. The van der Waals surface area contributed by atoms with E-state index in [1.165, 1.54) is 13.8 Å². The number of amides is 10. The minimum absolute atomic E-state index is 0.0577. The monoisotopic (exact) mass is 1090 g/mol. The predicted octanol–water partition coefficient (Wildman–Crippen LogP) is -5.92. The highest BCUT2D eigenvalue weighted by Gasteiger charge is 2.37. The predicted molar refractivity (Wildman–Crippen MR) is 285 cm³/mol. The Morgan fingerprint density at radius 1 is 0.610 bits per heavy atom. The maximum atomic E-state index is 14.4. The number of aliphatic hydroxyl groups is 2. The van der Waals surface area contributed by atoms with Crippen LogP contribution in [0.25, 0.3) is 0 Å². The van der Waals surface area contributed by atoms with Gasteiger partial charge in [-0.05, 0) is 102 Å². The summed E-state index contributed by atoms with van der Waals surface area (Å²) in [5, 5.41) is 46.8. The summed E-state index contributed by atoms with van der Waals surface area (Å²) in [6, 6.07) is -4.92. The SMILES string of the molecule is CC(C)C[C@@H]1NC(=O)[C@@H](Cc2ccccc2)NC(=O)[C@H](CCN)NC(=O)[C@@H](NC(=O)[C@H](CCN)NC(=O)[C@@H](NC(=O)CC[C@@H](N)C(C)C)C(C)O)CCNC(=O)[C@H](C(C)O)NC(=O)[C@H](CCN)NC(=O)[C@H](CCN)NC1=O. The van der Waals surface area contributed by atoms with E-state index in [2.05, 4.69) is 53.2 Å². The largest absolute Gasteiger partial charge is 0.391 e. The lowest BCUT2D eigenvalue weighted by atomic mass is 10.00. The zero-order valence-electron chi connectivity index (χ0n) is 45.2. The van der Waals surface area contributed by atoms with Crippen LogP contribution in [0.5, 0.6) is 0 Å². The first-order valence-electron chi connectivity index (χ1n) is 26.3. The van der Waals surface area contributed by atoms with Gasteiger partial charge in [-0.1, -0.05) is 58.0 Å². The van der Waals surface area contributed by atoms with E-state index < -0.39 is 139 Å². The van der Waals surface area contributed by atoms with Crippen molar-refractivity contribution in [2.45, 2.75) is 172 Å². The fourth-order valence-electron chi connectivity index (χ4n) is 8.06. The van der Waals surface area contributed by atoms with Crippen molar-refractivity contribution in [2.24, 2.45) is 40.5 Å². The first kappa shape index (κ1) is 66.8. The van der Waals surface area contributed by atoms with E-state index in [1.807, 2.05) is 13.8 Å². The maximum absolute atomic E-state index is 14.4. The highest BCUT2D eigenvalue weighted by molar-refractivity contribution is 5.99. The molecule has 0 spiro atoms. The number of carbonyl (C=O) groups is 10. The highest BCUT2D eigenvalue weighted by atomic mass is 16.3. The van der Waals surface area contributed by atoms with Crippen LogP contribution < -0.4 is 81.8 Å². The molecule has 1 aliphatic heterocycles. The number of rotatable bonds is 23. The van der Waals surface area contributed by atoms with E-state index in [4.69, 9.17) is 28.7 Å². The van der Waals surface area contributed by atoms with Crippen LogP contribution in [0, 0.1) is 11.8 Å². The van der Waals surface area contributed by atoms with Crippen LogP contribution in [0.4, 0.5) is 0 Å². The van der Waals surface area contributed by atoms with Crippen LogP contribution in [-0.2, 0) is 54.4 Å². The van der Waals surface area contributed by atoms with Gasteiger partial charge >= 0.3 is 0 Å². The molecule has 12 atom stereocenters. The number of carbonyl (C=O) groups excluding carboxylic acids is 10. The summed E-state index contributed by atoms with van der Waals surface area (Å²) < 4.78 is 0. The van der Waals surface area contributed by atoms with Gasteiger partial charge < -0.3 is 92.0 Å². The maximum Gasteiger partial charge on any atom is 0.245 e. The van der Waals surface area contributed by atoms with Gasteiger partial charge in [0.2, 0.25) is 59.1 Å². The number of hydrogen-bond acceptors (Lipinski definition) is 17. The van der Waals surface area contributed by atoms with Gasteiger partial charge in [-0.25, -0.2) is 0 Å². The van der Waals surface area contributed by atoms with Crippen molar-refractivity contribution in [2.75, 3.05) is 32.7 Å². The van der Waals surface area contributed by atoms with Gasteiger partial charge in [0.1, 0.15) is 54.4 Å². The van der Waals surface area contributed by atoms with Crippen molar-refractivity contribution in [1.82, 2.24) is 53.2 Å². The second-order valence-corrected chi connectivity index (χ2v) is 20.1. The molecule has 1 heterocycles. The van der Waals surface area contributed by atoms with Crippen molar-refractivity contribution < 1.29 is 58.2 Å². The van der Waals surface area contributed by atoms with Gasteiger partial charge in [0.05, 0.1) is 12.2 Å². The summed E-state index contributed by atoms with van der Waals surface area (Å²) in [4.78, 5) is 139. The van der Waals surface area contributed by atoms with E-state index in [0.717, 1.165) is 0 Å². The molecule has 27 heteroatoms. The third kappa shape index (κ3) is 23.4. The quantitative estimate of drug-likeness (QED) is 0.0485. The molecule has 22 N–H and O–H groups in total. The van der Waals surface area contributed by atoms with Crippen LogP contribution in [0.1, 0.15) is 98.5 Å². The number of aliphatic hydroxyl groups excluding tert-OH is 2. The molecule has 0 bridgehead atoms. The third-order valence-electron chi connectivity index (χ3n) is 12.7. The molecule has 1 aromatic rings. The average molecular weight is 1090 g/mol. The van der Waals surface area contributed by atoms with E-state index in [0.29, 0.717) is 5.56 Å². The Morgan fingerprint density at radius 2 is 1.10 bits per heavy atom. The van der Waals surface area contributed by atoms with E-state index in [9.17, 15) is 58.2 Å². The summed E-state index contributed by atoms with van der Waals surface area (Å²) in [7, 11) is 0. The van der Waals surface area contributed by atoms with Gasteiger partial charge in [0.25, 0.3) is 0 Å². The molecule has 10 amide bonds. The molecule has 2 unspecified atom stereocenters. The first-order chi connectivity index (χ1) is 36.4. The number of nitrogens with two attached hydrogens (primary N) is 5. The summed E-state index contributed by atoms with van der Waals surface area (Å²) in [5.74, 6) is -8.94. The van der Waals surface area contributed by atoms with Crippen molar-refractivity contribution in [1.29, 1.82) is 0 Å². The lowest BCUT2D eigenvalue weighted by Crippen LogP contribution is -2.61. The van der Waals surface area contributed by atoms with Crippen molar-refractivity contribution in [3.05, 3.63) is 35.9 Å². The Morgan fingerprint density at radius 3 is 1.60 bits per heavy atom. The summed E-state index contributed by atoms with van der Waals surface area (Å²) in [6.07, 6.45) is -3.95. The molecule has 434 valence electrons. The Labute approximate surface area is 450 Å². The molecule has 2 rings (SSSR count). The summed E-state index contributed by atoms with van der Waals surface area (Å²) >= 11 is 0. The van der Waals surface area contributed by atoms with Crippen molar-refractivity contribution in [3.63, 3.8) is 0 Å². The molecule has 0 radical (unpaired) electrons. The molecule has 1 fully saturated rings. The highest BCUT2D eigenvalue weighted by Crippen LogP contribution is 2.12. The molecular formula is C50H87N15O12. The average Bonchev–Trinajstić information content (AvgIpc) is 3.36. The minimum Gasteiger partial charge on any atom is -0.391 e. The second-order valence-electron chi connectivity index (χ2n) is 20.1. The molecule has 0 aliphatic carbocycles. The summed E-state index contributed by atoms with van der Waals surface area (Å²) in [6.45, 7) is 8.79. The van der Waals surface area contributed by atoms with Crippen LogP contribution in [0.3, 0.4) is 0 Å². The van der Waals surface area contributed by atoms with E-state index >= 15 is 0 Å². The molecule has 0 saturated carbocycles. The zero-order valence-corrected chi connectivity index (χ0v) is 45.2. The normalized spacial score (nSPS) is 23.8. The minimum atomic E-state index is -1.66. The topological polar surface area (TPSA) is 462 Å². The fraction of sp³-hybridized carbons (Fsp3) is 0.680. The molecular weight excluding hydrogens is 1000 g/mol. The second kappa shape index (κ2) is 34.4. The first-order valence-corrected chi connectivity index (χ1v) is 26.3. The summed E-state index contributed by atoms with van der Waals surface area (Å²) in [5.41, 5.74) is 30.1. The Bertz CT molecular complexity index is 2100.